The zero-order valence-corrected chi connectivity index (χ0v) is 6.26. The molecule has 0 atom stereocenters. The topological polar surface area (TPSA) is 66.4 Å². The van der Waals surface area contributed by atoms with Gasteiger partial charge in [0.15, 0.2) is 0 Å². The first-order valence-corrected chi connectivity index (χ1v) is 2.88. The first-order chi connectivity index (χ1) is 4.36. The molecule has 0 radical (unpaired) electrons. The standard InChI is InChI=1S/C6H11NO3/c1-4(8)7-6(2,3)5(9)10/h1-3H3,(H,7,8)(H,9,10)/i4-1. The maximum absolute atomic E-state index is 10.4. The van der Waals surface area contributed by atoms with Crippen LogP contribution in [0.15, 0.2) is 0 Å². The lowest BCUT2D eigenvalue weighted by molar-refractivity contribution is -0.145. The second-order valence-corrected chi connectivity index (χ2v) is 2.61. The van der Waals surface area contributed by atoms with Crippen molar-refractivity contribution in [1.29, 1.82) is 0 Å². The van der Waals surface area contributed by atoms with Gasteiger partial charge < -0.3 is 10.4 Å². The minimum atomic E-state index is -1.16. The van der Waals surface area contributed by atoms with Crippen LogP contribution in [0, 0.1) is 0 Å². The molecule has 2 N–H and O–H groups in total. The fourth-order valence-electron chi connectivity index (χ4n) is 0.494. The van der Waals surface area contributed by atoms with Crippen molar-refractivity contribution in [2.45, 2.75) is 26.3 Å². The molecule has 0 aliphatic carbocycles. The Hall–Kier alpha value is -1.06. The molecule has 0 aromatic rings. The van der Waals surface area contributed by atoms with E-state index in [-0.39, 0.29) is 5.91 Å². The summed E-state index contributed by atoms with van der Waals surface area (Å²) in [6.07, 6.45) is 0. The van der Waals surface area contributed by atoms with Crippen LogP contribution in [0.2, 0.25) is 0 Å². The second kappa shape index (κ2) is 2.68. The van der Waals surface area contributed by atoms with Crippen molar-refractivity contribution in [1.82, 2.24) is 5.32 Å². The van der Waals surface area contributed by atoms with Crippen molar-refractivity contribution in [3.05, 3.63) is 0 Å². The quantitative estimate of drug-likeness (QED) is 0.572. The lowest BCUT2D eigenvalue weighted by atomic mass is 9.96. The fourth-order valence-corrected chi connectivity index (χ4v) is 0.494. The largest absolute Gasteiger partial charge is 0.480 e. The van der Waals surface area contributed by atoms with Crippen molar-refractivity contribution in [2.75, 3.05) is 0 Å². The van der Waals surface area contributed by atoms with Crippen molar-refractivity contribution < 1.29 is 14.7 Å². The number of amides is 1. The van der Waals surface area contributed by atoms with Gasteiger partial charge in [-0.2, -0.15) is 0 Å². The van der Waals surface area contributed by atoms with E-state index >= 15 is 0 Å². The normalized spacial score (nSPS) is 10.7. The van der Waals surface area contributed by atoms with E-state index in [0.717, 1.165) is 0 Å². The van der Waals surface area contributed by atoms with Crippen LogP contribution in [0.1, 0.15) is 20.8 Å². The summed E-state index contributed by atoms with van der Waals surface area (Å²) < 4.78 is 0. The number of carboxylic acids is 1. The highest BCUT2D eigenvalue weighted by molar-refractivity contribution is 5.85. The maximum atomic E-state index is 10.4. The zero-order valence-electron chi connectivity index (χ0n) is 6.26. The molecule has 58 valence electrons. The van der Waals surface area contributed by atoms with Gasteiger partial charge in [0.05, 0.1) is 0 Å². The molecule has 0 aromatic carbocycles. The average molecular weight is 144 g/mol. The van der Waals surface area contributed by atoms with E-state index in [9.17, 15) is 9.59 Å². The average Bonchev–Trinajstić information content (AvgIpc) is 1.60. The molecule has 4 nitrogen and oxygen atoms in total. The minimum Gasteiger partial charge on any atom is -0.480 e. The first-order valence-electron chi connectivity index (χ1n) is 2.88. The van der Waals surface area contributed by atoms with Gasteiger partial charge in [-0.15, -0.1) is 0 Å². The van der Waals surface area contributed by atoms with Gasteiger partial charge >= 0.3 is 5.97 Å². The third kappa shape index (κ3) is 2.48. The van der Waals surface area contributed by atoms with Crippen LogP contribution < -0.4 is 5.32 Å². The molecule has 0 spiro atoms. The van der Waals surface area contributed by atoms with Crippen LogP contribution >= 0.6 is 0 Å². The summed E-state index contributed by atoms with van der Waals surface area (Å²) in [6, 6.07) is 0. The summed E-state index contributed by atoms with van der Waals surface area (Å²) in [7, 11) is 0. The Morgan fingerprint density at radius 3 is 1.90 bits per heavy atom. The highest BCUT2D eigenvalue weighted by Gasteiger charge is 2.27. The molecular formula is C6H11NO3. The molecule has 0 unspecified atom stereocenters. The zero-order chi connectivity index (χ0) is 8.36. The van der Waals surface area contributed by atoms with Crippen LogP contribution in [0.4, 0.5) is 0 Å². The predicted octanol–water partition coefficient (Wildman–Crippen LogP) is -0.0143. The second-order valence-electron chi connectivity index (χ2n) is 2.61. The molecule has 0 rings (SSSR count). The molecule has 1 amide bonds. The number of nitrogens with one attached hydrogen (secondary N) is 1. The smallest absolute Gasteiger partial charge is 0.328 e. The summed E-state index contributed by atoms with van der Waals surface area (Å²) in [6.45, 7) is 4.14. The number of rotatable bonds is 2. The minimum absolute atomic E-state index is 0.340. The third-order valence-electron chi connectivity index (χ3n) is 1.02. The van der Waals surface area contributed by atoms with Crippen molar-refractivity contribution in [3.63, 3.8) is 0 Å². The summed E-state index contributed by atoms with van der Waals surface area (Å²) in [5, 5.41) is 10.8. The van der Waals surface area contributed by atoms with Crippen molar-refractivity contribution in [3.8, 4) is 0 Å². The first kappa shape index (κ1) is 8.94. The molecule has 0 fully saturated rings. The van der Waals surface area contributed by atoms with Gasteiger partial charge in [0.1, 0.15) is 5.54 Å². The van der Waals surface area contributed by atoms with Crippen molar-refractivity contribution in [2.24, 2.45) is 0 Å². The maximum Gasteiger partial charge on any atom is 0.328 e. The Morgan fingerprint density at radius 1 is 1.40 bits per heavy atom. The molecule has 0 saturated heterocycles. The van der Waals surface area contributed by atoms with E-state index in [4.69, 9.17) is 5.11 Å². The van der Waals surface area contributed by atoms with E-state index < -0.39 is 11.5 Å². The molecule has 0 aliphatic rings. The Bertz CT molecular complexity index is 162. The molecular weight excluding hydrogens is 133 g/mol. The Kier molecular flexibility index (Phi) is 2.40. The Balaban J connectivity index is 4.13. The molecule has 0 heterocycles. The van der Waals surface area contributed by atoms with E-state index in [2.05, 4.69) is 5.32 Å². The van der Waals surface area contributed by atoms with Crippen LogP contribution in [-0.2, 0) is 9.59 Å². The van der Waals surface area contributed by atoms with Crippen molar-refractivity contribution >= 4 is 11.9 Å². The summed E-state index contributed by atoms with van der Waals surface area (Å²) in [5.74, 6) is -1.38. The lowest BCUT2D eigenvalue weighted by Gasteiger charge is -2.19. The van der Waals surface area contributed by atoms with Gasteiger partial charge in [-0.3, -0.25) is 4.79 Å². The Morgan fingerprint density at radius 2 is 1.80 bits per heavy atom. The van der Waals surface area contributed by atoms with Crippen LogP contribution in [0.25, 0.3) is 0 Å². The Labute approximate surface area is 59.2 Å². The molecule has 0 saturated carbocycles. The molecule has 0 bridgehead atoms. The molecule has 0 aliphatic heterocycles. The highest BCUT2D eigenvalue weighted by atomic mass is 16.4. The predicted molar refractivity (Wildman–Crippen MR) is 35.5 cm³/mol. The van der Waals surface area contributed by atoms with Gasteiger partial charge in [0.25, 0.3) is 0 Å². The number of carbonyl (C=O) groups excluding carboxylic acids is 1. The summed E-state index contributed by atoms with van der Waals surface area (Å²) in [5.41, 5.74) is -1.16. The van der Waals surface area contributed by atoms with Gasteiger partial charge in [-0.1, -0.05) is 0 Å². The van der Waals surface area contributed by atoms with E-state index in [1.807, 2.05) is 0 Å². The van der Waals surface area contributed by atoms with Gasteiger partial charge in [0.2, 0.25) is 5.91 Å². The highest BCUT2D eigenvalue weighted by Crippen LogP contribution is 2.00. The SMILES string of the molecule is C[11C](=O)NC(C)(C)C(=O)O. The van der Waals surface area contributed by atoms with E-state index in [0.29, 0.717) is 0 Å². The van der Waals surface area contributed by atoms with Gasteiger partial charge in [-0.05, 0) is 13.8 Å². The van der Waals surface area contributed by atoms with E-state index in [1.54, 1.807) is 0 Å². The number of carboxylic acid groups (broad SMARTS) is 1. The molecule has 4 heteroatoms. The molecule has 0 aromatic heterocycles. The monoisotopic (exact) mass is 144 g/mol. The van der Waals surface area contributed by atoms with Gasteiger partial charge in [0, 0.05) is 6.92 Å². The third-order valence-corrected chi connectivity index (χ3v) is 1.02. The number of carbonyl (C=O) groups is 2. The lowest BCUT2D eigenvalue weighted by Crippen LogP contribution is -2.48. The number of aliphatic carboxylic acids is 1. The molecule has 10 heavy (non-hydrogen) atoms. The number of hydrogen-bond donors (Lipinski definition) is 2. The number of hydrogen-bond acceptors (Lipinski definition) is 2. The van der Waals surface area contributed by atoms with Gasteiger partial charge in [-0.25, -0.2) is 4.79 Å². The van der Waals surface area contributed by atoms with Crippen LogP contribution in [0.3, 0.4) is 0 Å². The van der Waals surface area contributed by atoms with Crippen LogP contribution in [0.5, 0.6) is 0 Å². The van der Waals surface area contributed by atoms with E-state index in [1.165, 1.54) is 20.8 Å². The summed E-state index contributed by atoms with van der Waals surface area (Å²) >= 11 is 0. The summed E-state index contributed by atoms with van der Waals surface area (Å²) in [4.78, 5) is 20.7. The van der Waals surface area contributed by atoms with Crippen LogP contribution in [-0.4, -0.2) is 22.5 Å². The fraction of sp³-hybridized carbons (Fsp3) is 0.667.